The van der Waals surface area contributed by atoms with Crippen molar-refractivity contribution in [1.29, 1.82) is 0 Å². The average Bonchev–Trinajstić information content (AvgIpc) is 3.76. The Morgan fingerprint density at radius 1 is 1.13 bits per heavy atom. The van der Waals surface area contributed by atoms with Gasteiger partial charge in [0.15, 0.2) is 21.7 Å². The topological polar surface area (TPSA) is 254 Å². The summed E-state index contributed by atoms with van der Waals surface area (Å²) in [6.45, 7) is 0. The van der Waals surface area contributed by atoms with Crippen molar-refractivity contribution in [3.8, 4) is 0 Å². The molecule has 1 saturated heterocycles. The minimum atomic E-state index is -1.26. The van der Waals surface area contributed by atoms with Crippen molar-refractivity contribution in [2.75, 3.05) is 36.8 Å². The maximum Gasteiger partial charge on any atom is 0.352 e. The van der Waals surface area contributed by atoms with Crippen molar-refractivity contribution in [1.82, 2.24) is 40.4 Å². The molecule has 236 valence electrons. The molecule has 5 heterocycles. The van der Waals surface area contributed by atoms with Crippen LogP contribution in [0, 0.1) is 0 Å². The van der Waals surface area contributed by atoms with Crippen molar-refractivity contribution < 1.29 is 34.0 Å². The zero-order valence-corrected chi connectivity index (χ0v) is 26.6. The van der Waals surface area contributed by atoms with Crippen LogP contribution in [0.15, 0.2) is 37.5 Å². The number of amides is 3. The molecule has 2 atom stereocenters. The Morgan fingerprint density at radius 3 is 2.44 bits per heavy atom. The molecule has 2 aliphatic heterocycles. The molecular formula is C22H22N12O7S4. The first-order valence-electron chi connectivity index (χ1n) is 12.4. The number of aromatic nitrogens is 6. The molecule has 3 aromatic heterocycles. The van der Waals surface area contributed by atoms with E-state index in [0.29, 0.717) is 16.5 Å². The number of fused-ring (bicyclic) bond motifs is 1. The highest BCUT2D eigenvalue weighted by Crippen LogP contribution is 2.41. The highest BCUT2D eigenvalue weighted by molar-refractivity contribution is 8.01. The van der Waals surface area contributed by atoms with E-state index in [9.17, 15) is 24.3 Å². The molecule has 1 fully saturated rings. The zero-order valence-electron chi connectivity index (χ0n) is 23.4. The number of thioether (sulfide) groups is 2. The molecule has 2 aliphatic rings. The molecule has 0 aliphatic carbocycles. The molecule has 5 N–H and O–H groups in total. The fourth-order valence-electron chi connectivity index (χ4n) is 4.08. The summed E-state index contributed by atoms with van der Waals surface area (Å²) in [4.78, 5) is 70.5. The van der Waals surface area contributed by atoms with Crippen LogP contribution in [0.5, 0.6) is 0 Å². The molecule has 0 radical (unpaired) electrons. The van der Waals surface area contributed by atoms with Crippen LogP contribution in [-0.2, 0) is 35.9 Å². The molecule has 3 aromatic rings. The Hall–Kier alpha value is -4.61. The van der Waals surface area contributed by atoms with E-state index in [1.54, 1.807) is 7.05 Å². The number of nitrogens with zero attached hydrogens (tertiary/aromatic N) is 9. The molecule has 0 saturated carbocycles. The molecule has 3 amide bonds. The van der Waals surface area contributed by atoms with Gasteiger partial charge in [0.1, 0.15) is 42.7 Å². The van der Waals surface area contributed by atoms with Crippen LogP contribution in [0.25, 0.3) is 0 Å². The Bertz CT molecular complexity index is 1750. The van der Waals surface area contributed by atoms with Gasteiger partial charge in [0.05, 0.1) is 0 Å². The third kappa shape index (κ3) is 6.59. The highest BCUT2D eigenvalue weighted by Gasteiger charge is 2.54. The number of anilines is 2. The van der Waals surface area contributed by atoms with E-state index < -0.39 is 35.1 Å². The third-order valence-electron chi connectivity index (χ3n) is 6.02. The quantitative estimate of drug-likeness (QED) is 0.0812. The molecule has 0 unspecified atom stereocenters. The fraction of sp³-hybridized carbons (Fsp3) is 0.318. The summed E-state index contributed by atoms with van der Waals surface area (Å²) in [5.74, 6) is -2.80. The summed E-state index contributed by atoms with van der Waals surface area (Å²) in [5.41, 5.74) is 5.86. The van der Waals surface area contributed by atoms with Gasteiger partial charge in [-0.3, -0.25) is 24.6 Å². The van der Waals surface area contributed by atoms with Gasteiger partial charge in [-0.1, -0.05) is 22.1 Å². The number of tetrazole rings is 1. The number of carbonyl (C=O) groups excluding carboxylic acids is 3. The molecule has 0 bridgehead atoms. The van der Waals surface area contributed by atoms with E-state index in [-0.39, 0.29) is 44.5 Å². The summed E-state index contributed by atoms with van der Waals surface area (Å²) in [7, 11) is 4.15. The summed E-state index contributed by atoms with van der Waals surface area (Å²) < 4.78 is 1.45. The van der Waals surface area contributed by atoms with Gasteiger partial charge in [-0.25, -0.2) is 19.4 Å². The first-order valence-corrected chi connectivity index (χ1v) is 16.2. The van der Waals surface area contributed by atoms with Gasteiger partial charge in [0, 0.05) is 29.3 Å². The number of thiazole rings is 2. The maximum absolute atomic E-state index is 13.3. The summed E-state index contributed by atoms with van der Waals surface area (Å²) in [6.07, 6.45) is 0. The van der Waals surface area contributed by atoms with Gasteiger partial charge in [-0.2, -0.15) is 0 Å². The van der Waals surface area contributed by atoms with Crippen LogP contribution >= 0.6 is 46.2 Å². The first kappa shape index (κ1) is 31.8. The van der Waals surface area contributed by atoms with Crippen LogP contribution < -0.4 is 16.4 Å². The lowest BCUT2D eigenvalue weighted by molar-refractivity contribution is -0.150. The predicted octanol–water partition coefficient (Wildman–Crippen LogP) is -0.424. The Kier molecular flexibility index (Phi) is 9.60. The van der Waals surface area contributed by atoms with Gasteiger partial charge in [0.2, 0.25) is 5.16 Å². The number of carboxylic acid groups (broad SMARTS) is 1. The van der Waals surface area contributed by atoms with E-state index in [2.05, 4.69) is 46.4 Å². The number of β-lactam (4-membered cyclic amide) rings is 1. The number of hydrogen-bond acceptors (Lipinski definition) is 18. The summed E-state index contributed by atoms with van der Waals surface area (Å²) >= 11 is 4.65. The lowest BCUT2D eigenvalue weighted by atomic mass is 10.0. The second kappa shape index (κ2) is 13.6. The van der Waals surface area contributed by atoms with E-state index in [1.807, 2.05) is 0 Å². The van der Waals surface area contributed by atoms with E-state index in [1.165, 1.54) is 53.2 Å². The largest absolute Gasteiger partial charge is 0.477 e. The predicted molar refractivity (Wildman–Crippen MR) is 164 cm³/mol. The van der Waals surface area contributed by atoms with Gasteiger partial charge < -0.3 is 25.8 Å². The number of rotatable bonds is 12. The van der Waals surface area contributed by atoms with E-state index in [4.69, 9.17) is 15.4 Å². The van der Waals surface area contributed by atoms with Gasteiger partial charge in [0.25, 0.3) is 17.7 Å². The third-order valence-corrected chi connectivity index (χ3v) is 9.89. The maximum atomic E-state index is 13.3. The van der Waals surface area contributed by atoms with Crippen LogP contribution in [0.2, 0.25) is 0 Å². The molecule has 45 heavy (non-hydrogen) atoms. The van der Waals surface area contributed by atoms with Crippen LogP contribution in [0.3, 0.4) is 0 Å². The SMILES string of the molecule is CO/N=C(\C(=O)Nc1nc(/C(=N/OC)C(=O)N[C@@H]2C(=O)N3C(C(=O)O)=C(CSc4nnnn4C)CS[C@H]23)cs1)c1csc(N)n1. The smallest absolute Gasteiger partial charge is 0.352 e. The van der Waals surface area contributed by atoms with Crippen molar-refractivity contribution in [2.45, 2.75) is 16.6 Å². The molecule has 0 spiro atoms. The summed E-state index contributed by atoms with van der Waals surface area (Å²) in [6, 6.07) is -1.03. The second-order valence-corrected chi connectivity index (χ2v) is 12.6. The van der Waals surface area contributed by atoms with Crippen molar-refractivity contribution >= 4 is 91.6 Å². The minimum absolute atomic E-state index is 0.0430. The monoisotopic (exact) mass is 694 g/mol. The average molecular weight is 695 g/mol. The Balaban J connectivity index is 1.27. The first-order chi connectivity index (χ1) is 21.6. The number of oxime groups is 2. The molecule has 19 nitrogen and oxygen atoms in total. The standard InChI is InChI=1S/C22H22N12O7S4/c1-33-22(28-31-32-33)45-5-8-4-42-18-13(17(37)34(18)14(8)19(38)39)26-15(35)12(30-41-3)10-7-44-21(25-10)27-16(36)11(29-40-2)9-6-43-20(23)24-9/h6-7,13,18H,4-5H2,1-3H3,(H2,23,24)(H,26,35)(H,38,39)(H,25,27,36)/b29-11-,30-12-/t13-,18-/m1/s1. The highest BCUT2D eigenvalue weighted by atomic mass is 32.2. The van der Waals surface area contributed by atoms with Gasteiger partial charge >= 0.3 is 5.97 Å². The van der Waals surface area contributed by atoms with Crippen molar-refractivity contribution in [3.05, 3.63) is 33.4 Å². The number of aryl methyl sites for hydroxylation is 1. The second-order valence-electron chi connectivity index (χ2n) is 8.80. The fourth-order valence-corrected chi connectivity index (χ4v) is 7.66. The van der Waals surface area contributed by atoms with Crippen LogP contribution in [-0.4, -0.2) is 112 Å². The van der Waals surface area contributed by atoms with Crippen molar-refractivity contribution in [3.63, 3.8) is 0 Å². The Labute approximate surface area is 269 Å². The number of nitrogen functional groups attached to an aromatic ring is 1. The van der Waals surface area contributed by atoms with Crippen LogP contribution in [0.4, 0.5) is 10.3 Å². The number of nitrogens with one attached hydrogen (secondary N) is 2. The summed E-state index contributed by atoms with van der Waals surface area (Å²) in [5, 5.41) is 36.9. The number of nitrogens with two attached hydrogens (primary N) is 1. The normalized spacial score (nSPS) is 18.3. The van der Waals surface area contributed by atoms with E-state index in [0.717, 1.165) is 27.6 Å². The molecular weight excluding hydrogens is 673 g/mol. The van der Waals surface area contributed by atoms with Crippen molar-refractivity contribution in [2.24, 2.45) is 17.4 Å². The van der Waals surface area contributed by atoms with E-state index >= 15 is 0 Å². The lowest BCUT2D eigenvalue weighted by Gasteiger charge is -2.49. The molecule has 23 heteroatoms. The Morgan fingerprint density at radius 2 is 1.82 bits per heavy atom. The number of hydrogen-bond donors (Lipinski definition) is 4. The zero-order chi connectivity index (χ0) is 32.2. The number of carbonyl (C=O) groups is 4. The number of aliphatic carboxylic acids is 1. The molecule has 5 rings (SSSR count). The molecule has 0 aromatic carbocycles. The van der Waals surface area contributed by atoms with Gasteiger partial charge in [-0.05, 0) is 16.0 Å². The van der Waals surface area contributed by atoms with Crippen LogP contribution in [0.1, 0.15) is 11.4 Å². The van der Waals surface area contributed by atoms with Gasteiger partial charge in [-0.15, -0.1) is 39.5 Å². The lowest BCUT2D eigenvalue weighted by Crippen LogP contribution is -2.71. The minimum Gasteiger partial charge on any atom is -0.477 e. The number of carboxylic acids is 1.